The maximum Gasteiger partial charge on any atom is 0.182 e. The summed E-state index contributed by atoms with van der Waals surface area (Å²) in [6.07, 6.45) is 0. The standard InChI is InChI=1S/C10H13O/c1-7(2)10-8(3)5-4-6-9(10)11/h4-7H,1-3H3. The molecule has 0 unspecified atom stereocenters. The molecule has 0 saturated carbocycles. The van der Waals surface area contributed by atoms with Crippen molar-refractivity contribution in [1.29, 1.82) is 0 Å². The van der Waals surface area contributed by atoms with Gasteiger partial charge in [-0.25, -0.2) is 0 Å². The SMILES string of the molecule is Cc1cccc([O])c1C(C)C. The average Bonchev–Trinajstić information content (AvgIpc) is 1.85. The van der Waals surface area contributed by atoms with E-state index in [0.717, 1.165) is 11.1 Å². The van der Waals surface area contributed by atoms with Crippen LogP contribution < -0.4 is 0 Å². The van der Waals surface area contributed by atoms with Crippen LogP contribution in [0.3, 0.4) is 0 Å². The summed E-state index contributed by atoms with van der Waals surface area (Å²) in [5.74, 6) is 0.503. The molecule has 0 aliphatic carbocycles. The van der Waals surface area contributed by atoms with Gasteiger partial charge in [-0.05, 0) is 24.5 Å². The summed E-state index contributed by atoms with van der Waals surface area (Å²) < 4.78 is 0. The van der Waals surface area contributed by atoms with Crippen molar-refractivity contribution in [3.63, 3.8) is 0 Å². The Bertz CT molecular complexity index is 231. The topological polar surface area (TPSA) is 19.9 Å². The Labute approximate surface area is 67.7 Å². The van der Waals surface area contributed by atoms with Crippen molar-refractivity contribution < 1.29 is 5.11 Å². The van der Waals surface area contributed by atoms with Gasteiger partial charge in [-0.3, -0.25) is 5.11 Å². The highest BCUT2D eigenvalue weighted by molar-refractivity contribution is 5.40. The Morgan fingerprint density at radius 3 is 2.27 bits per heavy atom. The second-order valence-corrected chi connectivity index (χ2v) is 3.14. The monoisotopic (exact) mass is 149 g/mol. The zero-order valence-electron chi connectivity index (χ0n) is 7.22. The van der Waals surface area contributed by atoms with Crippen molar-refractivity contribution in [2.45, 2.75) is 26.7 Å². The molecule has 1 nitrogen and oxygen atoms in total. The zero-order chi connectivity index (χ0) is 8.43. The van der Waals surface area contributed by atoms with E-state index in [1.54, 1.807) is 6.07 Å². The van der Waals surface area contributed by atoms with Crippen molar-refractivity contribution in [2.75, 3.05) is 0 Å². The first-order chi connectivity index (χ1) is 5.13. The average molecular weight is 149 g/mol. The van der Waals surface area contributed by atoms with E-state index in [2.05, 4.69) is 0 Å². The van der Waals surface area contributed by atoms with Crippen LogP contribution in [0.4, 0.5) is 0 Å². The van der Waals surface area contributed by atoms with E-state index in [9.17, 15) is 5.11 Å². The molecule has 0 N–H and O–H groups in total. The fraction of sp³-hybridized carbons (Fsp3) is 0.400. The van der Waals surface area contributed by atoms with E-state index < -0.39 is 0 Å². The Morgan fingerprint density at radius 1 is 1.27 bits per heavy atom. The first-order valence-electron chi connectivity index (χ1n) is 3.89. The molecule has 0 bridgehead atoms. The molecule has 0 heterocycles. The van der Waals surface area contributed by atoms with Gasteiger partial charge in [0, 0.05) is 5.56 Å². The number of benzene rings is 1. The minimum Gasteiger partial charge on any atom is -0.290 e. The summed E-state index contributed by atoms with van der Waals surface area (Å²) in [7, 11) is 0. The number of aryl methyl sites for hydroxylation is 1. The van der Waals surface area contributed by atoms with Crippen molar-refractivity contribution in [1.82, 2.24) is 0 Å². The minimum absolute atomic E-state index is 0.167. The largest absolute Gasteiger partial charge is 0.290 e. The van der Waals surface area contributed by atoms with E-state index >= 15 is 0 Å². The predicted molar refractivity (Wildman–Crippen MR) is 45.4 cm³/mol. The molecule has 0 fully saturated rings. The van der Waals surface area contributed by atoms with Crippen LogP contribution in [0.15, 0.2) is 18.2 Å². The third-order valence-electron chi connectivity index (χ3n) is 1.86. The summed E-state index contributed by atoms with van der Waals surface area (Å²) in [6.45, 7) is 6.07. The molecule has 0 aromatic heterocycles. The molecule has 11 heavy (non-hydrogen) atoms. The lowest BCUT2D eigenvalue weighted by Gasteiger charge is -2.08. The highest BCUT2D eigenvalue weighted by atomic mass is 16.3. The molecule has 1 radical (unpaired) electrons. The molecule has 59 valence electrons. The Hall–Kier alpha value is -0.980. The predicted octanol–water partition coefficient (Wildman–Crippen LogP) is 3.26. The van der Waals surface area contributed by atoms with Crippen LogP contribution in [-0.4, -0.2) is 0 Å². The molecule has 0 atom stereocenters. The normalized spacial score (nSPS) is 10.5. The number of rotatable bonds is 1. The molecule has 1 aromatic carbocycles. The van der Waals surface area contributed by atoms with Gasteiger partial charge in [0.15, 0.2) is 5.75 Å². The highest BCUT2D eigenvalue weighted by Crippen LogP contribution is 2.28. The molecule has 1 heteroatoms. The van der Waals surface area contributed by atoms with Gasteiger partial charge in [0.2, 0.25) is 0 Å². The first-order valence-corrected chi connectivity index (χ1v) is 3.89. The summed E-state index contributed by atoms with van der Waals surface area (Å²) in [5.41, 5.74) is 2.06. The highest BCUT2D eigenvalue weighted by Gasteiger charge is 2.08. The molecule has 0 aliphatic rings. The molecule has 1 rings (SSSR count). The molecule has 0 aliphatic heterocycles. The third-order valence-corrected chi connectivity index (χ3v) is 1.86. The lowest BCUT2D eigenvalue weighted by molar-refractivity contribution is 0.347. The van der Waals surface area contributed by atoms with Gasteiger partial charge in [-0.2, -0.15) is 0 Å². The van der Waals surface area contributed by atoms with E-state index in [-0.39, 0.29) is 5.75 Å². The van der Waals surface area contributed by atoms with Crippen molar-refractivity contribution in [3.05, 3.63) is 29.3 Å². The van der Waals surface area contributed by atoms with Gasteiger partial charge in [0.1, 0.15) is 0 Å². The van der Waals surface area contributed by atoms with E-state index in [0.29, 0.717) is 5.92 Å². The van der Waals surface area contributed by atoms with Crippen LogP contribution in [-0.2, 0) is 5.11 Å². The van der Waals surface area contributed by atoms with Crippen LogP contribution in [0.2, 0.25) is 0 Å². The lowest BCUT2D eigenvalue weighted by atomic mass is 9.97. The summed E-state index contributed by atoms with van der Waals surface area (Å²) >= 11 is 0. The molecular weight excluding hydrogens is 136 g/mol. The van der Waals surface area contributed by atoms with E-state index in [1.165, 1.54) is 0 Å². The van der Waals surface area contributed by atoms with E-state index in [4.69, 9.17) is 0 Å². The fourth-order valence-electron chi connectivity index (χ4n) is 1.39. The van der Waals surface area contributed by atoms with Crippen molar-refractivity contribution >= 4 is 0 Å². The van der Waals surface area contributed by atoms with Crippen molar-refractivity contribution in [3.8, 4) is 5.75 Å². The lowest BCUT2D eigenvalue weighted by Crippen LogP contribution is -1.90. The van der Waals surface area contributed by atoms with Crippen LogP contribution in [0.25, 0.3) is 0 Å². The molecule has 0 spiro atoms. The third kappa shape index (κ3) is 1.53. The molecule has 0 amide bonds. The van der Waals surface area contributed by atoms with Crippen LogP contribution in [0.1, 0.15) is 30.9 Å². The minimum atomic E-state index is 0.167. The van der Waals surface area contributed by atoms with Gasteiger partial charge in [-0.15, -0.1) is 0 Å². The molecule has 0 saturated heterocycles. The Balaban J connectivity index is 3.21. The summed E-state index contributed by atoms with van der Waals surface area (Å²) in [5, 5.41) is 11.3. The maximum absolute atomic E-state index is 11.3. The molecule has 1 aromatic rings. The van der Waals surface area contributed by atoms with Gasteiger partial charge < -0.3 is 0 Å². The number of hydrogen-bond donors (Lipinski definition) is 0. The number of hydrogen-bond acceptors (Lipinski definition) is 0. The van der Waals surface area contributed by atoms with Crippen LogP contribution in [0, 0.1) is 6.92 Å². The Kier molecular flexibility index (Phi) is 2.18. The zero-order valence-corrected chi connectivity index (χ0v) is 7.22. The van der Waals surface area contributed by atoms with Gasteiger partial charge in [0.25, 0.3) is 0 Å². The summed E-state index contributed by atoms with van der Waals surface area (Å²) in [4.78, 5) is 0. The van der Waals surface area contributed by atoms with Crippen LogP contribution in [0.5, 0.6) is 5.75 Å². The smallest absolute Gasteiger partial charge is 0.182 e. The van der Waals surface area contributed by atoms with Gasteiger partial charge >= 0.3 is 0 Å². The fourth-order valence-corrected chi connectivity index (χ4v) is 1.39. The quantitative estimate of drug-likeness (QED) is 0.584. The molecular formula is C10H13O. The van der Waals surface area contributed by atoms with Crippen LogP contribution >= 0.6 is 0 Å². The van der Waals surface area contributed by atoms with E-state index in [1.807, 2.05) is 32.9 Å². The maximum atomic E-state index is 11.3. The van der Waals surface area contributed by atoms with Crippen molar-refractivity contribution in [2.24, 2.45) is 0 Å². The second-order valence-electron chi connectivity index (χ2n) is 3.14. The second kappa shape index (κ2) is 2.95. The Morgan fingerprint density at radius 2 is 1.91 bits per heavy atom. The van der Waals surface area contributed by atoms with Gasteiger partial charge in [-0.1, -0.05) is 26.0 Å². The first kappa shape index (κ1) is 8.12. The summed E-state index contributed by atoms with van der Waals surface area (Å²) in [6, 6.07) is 5.42. The van der Waals surface area contributed by atoms with Gasteiger partial charge in [0.05, 0.1) is 0 Å².